The van der Waals surface area contributed by atoms with Gasteiger partial charge in [-0.05, 0) is 19.1 Å². The van der Waals surface area contributed by atoms with Crippen molar-refractivity contribution in [3.05, 3.63) is 33.8 Å². The van der Waals surface area contributed by atoms with Crippen LogP contribution in [0.4, 0.5) is 0 Å². The van der Waals surface area contributed by atoms with Gasteiger partial charge in [-0.3, -0.25) is 0 Å². The van der Waals surface area contributed by atoms with Crippen LogP contribution in [0.25, 0.3) is 0 Å². The van der Waals surface area contributed by atoms with E-state index in [1.807, 2.05) is 0 Å². The Morgan fingerprint density at radius 1 is 1.40 bits per heavy atom. The minimum atomic E-state index is -0.731. The molecule has 0 radical (unpaired) electrons. The van der Waals surface area contributed by atoms with Crippen LogP contribution in [-0.4, -0.2) is 17.9 Å². The van der Waals surface area contributed by atoms with E-state index in [0.29, 0.717) is 15.6 Å². The van der Waals surface area contributed by atoms with Gasteiger partial charge >= 0.3 is 0 Å². The third kappa shape index (κ3) is 3.06. The van der Waals surface area contributed by atoms with Crippen LogP contribution in [-0.2, 0) is 4.74 Å². The van der Waals surface area contributed by atoms with E-state index in [1.165, 1.54) is 0 Å². The lowest BCUT2D eigenvalue weighted by Crippen LogP contribution is -2.21. The highest BCUT2D eigenvalue weighted by Crippen LogP contribution is 2.33. The standard InChI is InChI=1S/C10H13Cl2NO2/c1-6(14)10(15-5-13)9-7(11)3-2-4-8(9)12/h2-4,6,10,14H,5,13H2,1H3. The summed E-state index contributed by atoms with van der Waals surface area (Å²) in [5.41, 5.74) is 5.86. The molecule has 0 aliphatic rings. The van der Waals surface area contributed by atoms with E-state index in [9.17, 15) is 5.11 Å². The molecule has 5 heteroatoms. The van der Waals surface area contributed by atoms with Crippen molar-refractivity contribution in [2.75, 3.05) is 6.73 Å². The first-order chi connectivity index (χ1) is 7.07. The van der Waals surface area contributed by atoms with Crippen LogP contribution >= 0.6 is 23.2 Å². The Hall–Kier alpha value is -0.320. The second-order valence-corrected chi connectivity index (χ2v) is 3.94. The van der Waals surface area contributed by atoms with Crippen molar-refractivity contribution < 1.29 is 9.84 Å². The van der Waals surface area contributed by atoms with Crippen LogP contribution in [0.3, 0.4) is 0 Å². The Balaban J connectivity index is 3.10. The molecule has 3 nitrogen and oxygen atoms in total. The molecule has 0 bridgehead atoms. The molecule has 0 aliphatic heterocycles. The van der Waals surface area contributed by atoms with Gasteiger partial charge in [0.2, 0.25) is 0 Å². The fourth-order valence-electron chi connectivity index (χ4n) is 1.35. The Morgan fingerprint density at radius 2 is 1.93 bits per heavy atom. The van der Waals surface area contributed by atoms with Gasteiger partial charge in [0.05, 0.1) is 12.8 Å². The summed E-state index contributed by atoms with van der Waals surface area (Å²) in [4.78, 5) is 0. The van der Waals surface area contributed by atoms with Crippen molar-refractivity contribution in [3.63, 3.8) is 0 Å². The Morgan fingerprint density at radius 3 is 2.33 bits per heavy atom. The fraction of sp³-hybridized carbons (Fsp3) is 0.400. The Kier molecular flexibility index (Phi) is 4.83. The summed E-state index contributed by atoms with van der Waals surface area (Å²) in [5.74, 6) is 0. The lowest BCUT2D eigenvalue weighted by molar-refractivity contribution is -0.0286. The second-order valence-electron chi connectivity index (χ2n) is 3.13. The van der Waals surface area contributed by atoms with E-state index >= 15 is 0 Å². The van der Waals surface area contributed by atoms with Crippen LogP contribution in [0.2, 0.25) is 10.0 Å². The third-order valence-corrected chi connectivity index (χ3v) is 2.66. The zero-order chi connectivity index (χ0) is 11.4. The molecule has 15 heavy (non-hydrogen) atoms. The van der Waals surface area contributed by atoms with Crippen molar-refractivity contribution in [2.45, 2.75) is 19.1 Å². The zero-order valence-electron chi connectivity index (χ0n) is 8.28. The molecule has 0 amide bonds. The quantitative estimate of drug-likeness (QED) is 0.806. The number of benzene rings is 1. The number of aliphatic hydroxyl groups excluding tert-OH is 1. The summed E-state index contributed by atoms with van der Waals surface area (Å²) < 4.78 is 5.21. The maximum absolute atomic E-state index is 9.55. The van der Waals surface area contributed by atoms with Gasteiger partial charge in [-0.25, -0.2) is 0 Å². The molecular weight excluding hydrogens is 237 g/mol. The first kappa shape index (κ1) is 12.7. The summed E-state index contributed by atoms with van der Waals surface area (Å²) >= 11 is 12.0. The number of hydrogen-bond donors (Lipinski definition) is 2. The van der Waals surface area contributed by atoms with Gasteiger partial charge in [-0.15, -0.1) is 0 Å². The van der Waals surface area contributed by atoms with Gasteiger partial charge in [0.25, 0.3) is 0 Å². The van der Waals surface area contributed by atoms with Crippen molar-refractivity contribution >= 4 is 23.2 Å². The van der Waals surface area contributed by atoms with Gasteiger partial charge in [0.15, 0.2) is 0 Å². The maximum Gasteiger partial charge on any atom is 0.113 e. The lowest BCUT2D eigenvalue weighted by atomic mass is 10.1. The fourth-order valence-corrected chi connectivity index (χ4v) is 1.96. The van der Waals surface area contributed by atoms with E-state index in [1.54, 1.807) is 25.1 Å². The summed E-state index contributed by atoms with van der Waals surface area (Å²) in [6, 6.07) is 5.12. The van der Waals surface area contributed by atoms with E-state index in [4.69, 9.17) is 33.7 Å². The molecule has 0 heterocycles. The molecule has 0 spiro atoms. The smallest absolute Gasteiger partial charge is 0.113 e. The summed E-state index contributed by atoms with van der Waals surface area (Å²) in [6.07, 6.45) is -1.33. The predicted octanol–water partition coefficient (Wildman–Crippen LogP) is 2.35. The van der Waals surface area contributed by atoms with E-state index < -0.39 is 12.2 Å². The third-order valence-electron chi connectivity index (χ3n) is 2.00. The van der Waals surface area contributed by atoms with E-state index in [-0.39, 0.29) is 6.73 Å². The number of rotatable bonds is 4. The minimum absolute atomic E-state index is 0.00286. The zero-order valence-corrected chi connectivity index (χ0v) is 9.79. The van der Waals surface area contributed by atoms with Crippen molar-refractivity contribution in [1.82, 2.24) is 0 Å². The number of halogens is 2. The average molecular weight is 250 g/mol. The van der Waals surface area contributed by atoms with Crippen LogP contribution in [0.15, 0.2) is 18.2 Å². The van der Waals surface area contributed by atoms with Gasteiger partial charge in [0, 0.05) is 15.6 Å². The summed E-state index contributed by atoms with van der Waals surface area (Å²) in [6.45, 7) is 1.59. The average Bonchev–Trinajstić information content (AvgIpc) is 2.15. The number of aliphatic hydroxyl groups is 1. The molecule has 0 saturated heterocycles. The normalized spacial score (nSPS) is 15.0. The number of nitrogens with two attached hydrogens (primary N) is 1. The van der Waals surface area contributed by atoms with Gasteiger partial charge in [-0.2, -0.15) is 0 Å². The topological polar surface area (TPSA) is 55.5 Å². The first-order valence-corrected chi connectivity index (χ1v) is 5.27. The molecule has 1 aromatic carbocycles. The van der Waals surface area contributed by atoms with Crippen LogP contribution in [0, 0.1) is 0 Å². The SMILES string of the molecule is CC(O)C(OCN)c1c(Cl)cccc1Cl. The number of ether oxygens (including phenoxy) is 1. The second kappa shape index (κ2) is 5.68. The van der Waals surface area contributed by atoms with E-state index in [2.05, 4.69) is 0 Å². The molecular formula is C10H13Cl2NO2. The molecule has 84 valence electrons. The molecule has 3 N–H and O–H groups in total. The van der Waals surface area contributed by atoms with Crippen LogP contribution < -0.4 is 5.73 Å². The molecule has 0 saturated carbocycles. The summed E-state index contributed by atoms with van der Waals surface area (Å²) in [5, 5.41) is 10.5. The lowest BCUT2D eigenvalue weighted by Gasteiger charge is -2.22. The highest BCUT2D eigenvalue weighted by molar-refractivity contribution is 6.36. The largest absolute Gasteiger partial charge is 0.390 e. The molecule has 0 aromatic heterocycles. The molecule has 1 rings (SSSR count). The molecule has 0 fully saturated rings. The molecule has 1 aromatic rings. The highest BCUT2D eigenvalue weighted by atomic mass is 35.5. The highest BCUT2D eigenvalue weighted by Gasteiger charge is 2.22. The predicted molar refractivity (Wildman–Crippen MR) is 61.0 cm³/mol. The Bertz CT molecular complexity index is 311. The van der Waals surface area contributed by atoms with Gasteiger partial charge in [0.1, 0.15) is 6.10 Å². The molecule has 2 atom stereocenters. The van der Waals surface area contributed by atoms with Crippen molar-refractivity contribution in [3.8, 4) is 0 Å². The molecule has 0 aliphatic carbocycles. The monoisotopic (exact) mass is 249 g/mol. The number of hydrogen-bond acceptors (Lipinski definition) is 3. The minimum Gasteiger partial charge on any atom is -0.390 e. The molecule has 2 unspecified atom stereocenters. The van der Waals surface area contributed by atoms with Crippen LogP contribution in [0.1, 0.15) is 18.6 Å². The Labute approximate surface area is 98.7 Å². The first-order valence-electron chi connectivity index (χ1n) is 4.51. The van der Waals surface area contributed by atoms with Crippen LogP contribution in [0.5, 0.6) is 0 Å². The van der Waals surface area contributed by atoms with Crippen molar-refractivity contribution in [1.29, 1.82) is 0 Å². The van der Waals surface area contributed by atoms with Crippen molar-refractivity contribution in [2.24, 2.45) is 5.73 Å². The van der Waals surface area contributed by atoms with Gasteiger partial charge in [-0.1, -0.05) is 29.3 Å². The maximum atomic E-state index is 9.55. The van der Waals surface area contributed by atoms with Gasteiger partial charge < -0.3 is 15.6 Å². The van der Waals surface area contributed by atoms with E-state index in [0.717, 1.165) is 0 Å². The summed E-state index contributed by atoms with van der Waals surface area (Å²) in [7, 11) is 0.